The summed E-state index contributed by atoms with van der Waals surface area (Å²) in [6.45, 7) is 5.57. The molecule has 4 N–H and O–H groups in total. The molecule has 0 heterocycles. The van der Waals surface area contributed by atoms with Gasteiger partial charge < -0.3 is 10.1 Å². The van der Waals surface area contributed by atoms with Crippen molar-refractivity contribution in [2.45, 2.75) is 33.6 Å². The van der Waals surface area contributed by atoms with Gasteiger partial charge in [-0.3, -0.25) is 30.6 Å². The first-order valence-corrected chi connectivity index (χ1v) is 11.0. The van der Waals surface area contributed by atoms with Crippen molar-refractivity contribution in [3.63, 3.8) is 0 Å². The van der Waals surface area contributed by atoms with Gasteiger partial charge >= 0.3 is 0 Å². The summed E-state index contributed by atoms with van der Waals surface area (Å²) >= 11 is 8.33. The Morgan fingerprint density at radius 2 is 1.59 bits per heavy atom. The van der Waals surface area contributed by atoms with Crippen LogP contribution in [0.5, 0.6) is 5.75 Å². The minimum atomic E-state index is -0.480. The summed E-state index contributed by atoms with van der Waals surface area (Å²) in [7, 11) is 0. The molecule has 0 aliphatic rings. The zero-order valence-electron chi connectivity index (χ0n) is 18.0. The molecule has 32 heavy (non-hydrogen) atoms. The van der Waals surface area contributed by atoms with E-state index >= 15 is 0 Å². The Hall–Kier alpha value is -2.98. The molecule has 0 aliphatic carbocycles. The van der Waals surface area contributed by atoms with Crippen molar-refractivity contribution in [2.24, 2.45) is 0 Å². The fraction of sp³-hybridized carbons (Fsp3) is 0.273. The molecule has 0 atom stereocenters. The number of ether oxygens (including phenoxy) is 1. The molecule has 0 fully saturated rings. The maximum atomic E-state index is 12.0. The summed E-state index contributed by atoms with van der Waals surface area (Å²) < 4.78 is 6.37. The summed E-state index contributed by atoms with van der Waals surface area (Å²) in [5.74, 6) is -0.625. The van der Waals surface area contributed by atoms with E-state index in [1.807, 2.05) is 51.1 Å². The lowest BCUT2D eigenvalue weighted by Gasteiger charge is -2.12. The van der Waals surface area contributed by atoms with Gasteiger partial charge in [-0.1, -0.05) is 22.0 Å². The fourth-order valence-electron chi connectivity index (χ4n) is 2.57. The molecule has 0 saturated heterocycles. The molecule has 2 rings (SSSR count). The highest BCUT2D eigenvalue weighted by Crippen LogP contribution is 2.22. The van der Waals surface area contributed by atoms with E-state index in [9.17, 15) is 14.4 Å². The summed E-state index contributed by atoms with van der Waals surface area (Å²) in [5, 5.41) is 5.06. The maximum absolute atomic E-state index is 12.0. The molecule has 0 spiro atoms. The van der Waals surface area contributed by atoms with Crippen molar-refractivity contribution >= 4 is 56.7 Å². The number of carbonyl (C=O) groups is 3. The Balaban J connectivity index is 1.65. The van der Waals surface area contributed by atoms with Crippen LogP contribution < -0.4 is 26.2 Å². The van der Waals surface area contributed by atoms with Crippen LogP contribution in [0.1, 0.15) is 29.5 Å². The van der Waals surface area contributed by atoms with Crippen LogP contribution >= 0.6 is 28.1 Å². The van der Waals surface area contributed by atoms with E-state index in [1.54, 1.807) is 6.07 Å². The lowest BCUT2D eigenvalue weighted by molar-refractivity contribution is -0.125. The van der Waals surface area contributed by atoms with Gasteiger partial charge in [0.25, 0.3) is 5.91 Å². The molecule has 2 aromatic rings. The number of hydrazine groups is 1. The minimum Gasteiger partial charge on any atom is -0.483 e. The second-order valence-corrected chi connectivity index (χ2v) is 8.42. The third-order valence-corrected chi connectivity index (χ3v) is 5.13. The van der Waals surface area contributed by atoms with Crippen LogP contribution in [-0.2, 0) is 14.4 Å². The highest BCUT2D eigenvalue weighted by Gasteiger charge is 2.10. The molecule has 0 unspecified atom stereocenters. The Kier molecular flexibility index (Phi) is 9.61. The van der Waals surface area contributed by atoms with E-state index in [2.05, 4.69) is 37.4 Å². The molecule has 0 saturated carbocycles. The first kappa shape index (κ1) is 25.3. The van der Waals surface area contributed by atoms with Gasteiger partial charge in [0, 0.05) is 23.0 Å². The maximum Gasteiger partial charge on any atom is 0.264 e. The Labute approximate surface area is 200 Å². The van der Waals surface area contributed by atoms with E-state index < -0.39 is 11.8 Å². The average molecular weight is 521 g/mol. The number of halogens is 1. The van der Waals surface area contributed by atoms with Gasteiger partial charge in [-0.25, -0.2) is 0 Å². The van der Waals surface area contributed by atoms with E-state index in [4.69, 9.17) is 17.0 Å². The number of hydrogen-bond donors (Lipinski definition) is 4. The van der Waals surface area contributed by atoms with Crippen molar-refractivity contribution < 1.29 is 19.1 Å². The van der Waals surface area contributed by atoms with Crippen LogP contribution in [0.15, 0.2) is 40.9 Å². The second kappa shape index (κ2) is 12.2. The molecule has 2 aromatic carbocycles. The summed E-state index contributed by atoms with van der Waals surface area (Å²) in [4.78, 5) is 35.9. The highest BCUT2D eigenvalue weighted by atomic mass is 79.9. The Morgan fingerprint density at radius 1 is 0.875 bits per heavy atom. The summed E-state index contributed by atoms with van der Waals surface area (Å²) in [6, 6.07) is 11.0. The Bertz CT molecular complexity index is 1030. The predicted octanol–water partition coefficient (Wildman–Crippen LogP) is 3.19. The van der Waals surface area contributed by atoms with Crippen LogP contribution in [-0.4, -0.2) is 29.4 Å². The molecule has 0 bridgehead atoms. The molecule has 0 radical (unpaired) electrons. The average Bonchev–Trinajstić information content (AvgIpc) is 2.73. The molecule has 3 amide bonds. The van der Waals surface area contributed by atoms with E-state index in [1.165, 1.54) is 0 Å². The number of thiocarbonyl (C=S) groups is 1. The minimum absolute atomic E-state index is 0.0000601. The topological polar surface area (TPSA) is 109 Å². The number of hydrogen-bond acceptors (Lipinski definition) is 5. The molecule has 0 aromatic heterocycles. The molecular weight excluding hydrogens is 496 g/mol. The predicted molar refractivity (Wildman–Crippen MR) is 130 cm³/mol. The van der Waals surface area contributed by atoms with Crippen LogP contribution in [0.2, 0.25) is 0 Å². The SMILES string of the molecule is Cc1ccc(NC(=O)CCC(=O)NNC(=S)NC(=O)COc2ccc(Br)cc2C)cc1C. The third kappa shape index (κ3) is 8.64. The van der Waals surface area contributed by atoms with Gasteiger partial charge in [0.1, 0.15) is 5.75 Å². The van der Waals surface area contributed by atoms with Crippen molar-refractivity contribution in [3.8, 4) is 5.75 Å². The van der Waals surface area contributed by atoms with Gasteiger partial charge in [0.05, 0.1) is 0 Å². The standard InChI is InChI=1S/C22H25BrN4O4S/c1-13-4-6-17(11-14(13)2)24-19(28)8-9-20(29)26-27-22(32)25-21(30)12-31-18-7-5-16(23)10-15(18)3/h4-7,10-11H,8-9,12H2,1-3H3,(H,24,28)(H,26,29)(H2,25,27,30,32). The van der Waals surface area contributed by atoms with Crippen LogP contribution in [0, 0.1) is 20.8 Å². The van der Waals surface area contributed by atoms with Gasteiger partial charge in [-0.15, -0.1) is 0 Å². The van der Waals surface area contributed by atoms with E-state index in [0.717, 1.165) is 21.2 Å². The normalized spacial score (nSPS) is 10.1. The zero-order valence-corrected chi connectivity index (χ0v) is 20.4. The number of nitrogens with one attached hydrogen (secondary N) is 4. The largest absolute Gasteiger partial charge is 0.483 e. The van der Waals surface area contributed by atoms with E-state index in [-0.39, 0.29) is 30.5 Å². The number of anilines is 1. The number of amides is 3. The van der Waals surface area contributed by atoms with Crippen molar-refractivity contribution in [1.82, 2.24) is 16.2 Å². The van der Waals surface area contributed by atoms with Gasteiger partial charge in [0.2, 0.25) is 11.8 Å². The highest BCUT2D eigenvalue weighted by molar-refractivity contribution is 9.10. The fourth-order valence-corrected chi connectivity index (χ4v) is 3.21. The number of rotatable bonds is 7. The van der Waals surface area contributed by atoms with Gasteiger partial charge in [-0.05, 0) is 80.0 Å². The Morgan fingerprint density at radius 3 is 2.28 bits per heavy atom. The second-order valence-electron chi connectivity index (χ2n) is 7.10. The third-order valence-electron chi connectivity index (χ3n) is 4.43. The zero-order chi connectivity index (χ0) is 23.7. The molecule has 170 valence electrons. The van der Waals surface area contributed by atoms with Crippen LogP contribution in [0.25, 0.3) is 0 Å². The lowest BCUT2D eigenvalue weighted by atomic mass is 10.1. The summed E-state index contributed by atoms with van der Waals surface area (Å²) in [5.41, 5.74) is 8.52. The molecule has 8 nitrogen and oxygen atoms in total. The first-order valence-electron chi connectivity index (χ1n) is 9.79. The van der Waals surface area contributed by atoms with Crippen molar-refractivity contribution in [3.05, 3.63) is 57.6 Å². The van der Waals surface area contributed by atoms with Crippen molar-refractivity contribution in [2.75, 3.05) is 11.9 Å². The smallest absolute Gasteiger partial charge is 0.264 e. The number of carbonyl (C=O) groups excluding carboxylic acids is 3. The van der Waals surface area contributed by atoms with Crippen LogP contribution in [0.3, 0.4) is 0 Å². The van der Waals surface area contributed by atoms with E-state index in [0.29, 0.717) is 11.4 Å². The molecule has 0 aliphatic heterocycles. The molecular formula is C22H25BrN4O4S. The molecule has 10 heteroatoms. The van der Waals surface area contributed by atoms with Gasteiger partial charge in [0.15, 0.2) is 11.7 Å². The monoisotopic (exact) mass is 520 g/mol. The first-order chi connectivity index (χ1) is 15.1. The number of benzene rings is 2. The quantitative estimate of drug-likeness (QED) is 0.329. The van der Waals surface area contributed by atoms with Crippen molar-refractivity contribution in [1.29, 1.82) is 0 Å². The van der Waals surface area contributed by atoms with Crippen LogP contribution in [0.4, 0.5) is 5.69 Å². The number of aryl methyl sites for hydroxylation is 3. The van der Waals surface area contributed by atoms with Gasteiger partial charge in [-0.2, -0.15) is 0 Å². The summed E-state index contributed by atoms with van der Waals surface area (Å²) in [6.07, 6.45) is -0.0495. The lowest BCUT2D eigenvalue weighted by Crippen LogP contribution is -2.49.